The maximum absolute atomic E-state index is 11.5. The molecule has 2 aromatic rings. The molecule has 7 heteroatoms. The predicted molar refractivity (Wildman–Crippen MR) is 86.3 cm³/mol. The highest BCUT2D eigenvalue weighted by Crippen LogP contribution is 2.25. The number of halogens is 2. The van der Waals surface area contributed by atoms with Crippen LogP contribution in [0.25, 0.3) is 0 Å². The molecule has 112 valence electrons. The topological polar surface area (TPSA) is 72.2 Å². The van der Waals surface area contributed by atoms with Crippen LogP contribution >= 0.6 is 23.2 Å². The number of hydrogen-bond acceptors (Lipinski definition) is 3. The van der Waals surface area contributed by atoms with Crippen molar-refractivity contribution in [3.63, 3.8) is 0 Å². The van der Waals surface area contributed by atoms with Crippen molar-refractivity contribution in [2.24, 2.45) is 5.14 Å². The number of benzene rings is 2. The van der Waals surface area contributed by atoms with Crippen molar-refractivity contribution in [2.45, 2.75) is 18.4 Å². The molecular weight excluding hydrogens is 331 g/mol. The molecule has 0 fully saturated rings. The van der Waals surface area contributed by atoms with Crippen LogP contribution in [0.4, 0.5) is 5.69 Å². The molecule has 0 spiro atoms. The molecule has 0 aromatic heterocycles. The van der Waals surface area contributed by atoms with Crippen LogP contribution in [0, 0.1) is 6.92 Å². The smallest absolute Gasteiger partial charge is 0.238 e. The number of sulfonamides is 1. The molecule has 0 heterocycles. The fraction of sp³-hybridized carbons (Fsp3) is 0.143. The third-order valence-electron chi connectivity index (χ3n) is 3.06. The lowest BCUT2D eigenvalue weighted by molar-refractivity contribution is 0.597. The Labute approximate surface area is 133 Å². The van der Waals surface area contributed by atoms with Gasteiger partial charge in [0, 0.05) is 12.2 Å². The number of hydrogen-bond donors (Lipinski definition) is 2. The summed E-state index contributed by atoms with van der Waals surface area (Å²) in [6, 6.07) is 10.2. The predicted octanol–water partition coefficient (Wildman–Crippen LogP) is 3.56. The highest BCUT2D eigenvalue weighted by molar-refractivity contribution is 7.89. The minimum Gasteiger partial charge on any atom is -0.381 e. The summed E-state index contributed by atoms with van der Waals surface area (Å²) < 4.78 is 23.0. The summed E-state index contributed by atoms with van der Waals surface area (Å²) in [7, 11) is -3.73. The Morgan fingerprint density at radius 3 is 2.48 bits per heavy atom. The van der Waals surface area contributed by atoms with Crippen LogP contribution in [0.15, 0.2) is 41.3 Å². The van der Waals surface area contributed by atoms with Crippen molar-refractivity contribution in [3.8, 4) is 0 Å². The van der Waals surface area contributed by atoms with E-state index in [0.29, 0.717) is 27.8 Å². The highest BCUT2D eigenvalue weighted by atomic mass is 35.5. The van der Waals surface area contributed by atoms with Crippen molar-refractivity contribution in [1.29, 1.82) is 0 Å². The Hall–Kier alpha value is -1.27. The van der Waals surface area contributed by atoms with E-state index < -0.39 is 10.0 Å². The first kappa shape index (κ1) is 16.1. The van der Waals surface area contributed by atoms with E-state index in [1.54, 1.807) is 31.2 Å². The molecule has 0 aliphatic heterocycles. The molecular formula is C14H14Cl2N2O2S. The zero-order valence-corrected chi connectivity index (χ0v) is 13.6. The largest absolute Gasteiger partial charge is 0.381 e. The van der Waals surface area contributed by atoms with Crippen LogP contribution in [0.1, 0.15) is 11.1 Å². The second-order valence-corrected chi connectivity index (χ2v) is 6.92. The summed E-state index contributed by atoms with van der Waals surface area (Å²) in [5.74, 6) is 0. The van der Waals surface area contributed by atoms with Gasteiger partial charge in [-0.25, -0.2) is 13.6 Å². The number of nitrogens with one attached hydrogen (secondary N) is 1. The first-order chi connectivity index (χ1) is 9.79. The van der Waals surface area contributed by atoms with E-state index in [0.717, 1.165) is 5.56 Å². The second-order valence-electron chi connectivity index (χ2n) is 4.58. The van der Waals surface area contributed by atoms with Crippen molar-refractivity contribution >= 4 is 38.9 Å². The summed E-state index contributed by atoms with van der Waals surface area (Å²) >= 11 is 11.8. The summed E-state index contributed by atoms with van der Waals surface area (Å²) in [5, 5.41) is 9.32. The van der Waals surface area contributed by atoms with Crippen LogP contribution in [0.2, 0.25) is 10.0 Å². The average Bonchev–Trinajstić information content (AvgIpc) is 2.40. The van der Waals surface area contributed by atoms with Crippen LogP contribution in [0.5, 0.6) is 0 Å². The van der Waals surface area contributed by atoms with Crippen LogP contribution in [-0.4, -0.2) is 8.42 Å². The lowest BCUT2D eigenvalue weighted by atomic mass is 10.1. The van der Waals surface area contributed by atoms with Crippen molar-refractivity contribution < 1.29 is 8.42 Å². The molecule has 2 aromatic carbocycles. The number of rotatable bonds is 4. The first-order valence-electron chi connectivity index (χ1n) is 6.09. The van der Waals surface area contributed by atoms with E-state index in [4.69, 9.17) is 28.3 Å². The summed E-state index contributed by atoms with van der Waals surface area (Å²) in [6.07, 6.45) is 0. The standard InChI is InChI=1S/C14H14Cl2N2O2S/c1-9-13(3-2-4-14(9)21(17,19)20)18-8-10-5-6-11(15)12(16)7-10/h2-7,18H,8H2,1H3,(H2,17,19,20). The number of primary sulfonamides is 1. The Morgan fingerprint density at radius 1 is 1.14 bits per heavy atom. The first-order valence-corrected chi connectivity index (χ1v) is 8.39. The van der Waals surface area contributed by atoms with E-state index in [2.05, 4.69) is 5.32 Å². The van der Waals surface area contributed by atoms with Crippen LogP contribution < -0.4 is 10.5 Å². The lowest BCUT2D eigenvalue weighted by Gasteiger charge is -2.12. The molecule has 0 bridgehead atoms. The third kappa shape index (κ3) is 3.89. The maximum atomic E-state index is 11.5. The van der Waals surface area contributed by atoms with Gasteiger partial charge in [-0.3, -0.25) is 0 Å². The lowest BCUT2D eigenvalue weighted by Crippen LogP contribution is -2.14. The minimum atomic E-state index is -3.73. The molecule has 0 unspecified atom stereocenters. The number of anilines is 1. The van der Waals surface area contributed by atoms with Gasteiger partial charge in [-0.1, -0.05) is 35.3 Å². The Morgan fingerprint density at radius 2 is 1.86 bits per heavy atom. The van der Waals surface area contributed by atoms with Gasteiger partial charge in [0.15, 0.2) is 0 Å². The molecule has 2 rings (SSSR count). The van der Waals surface area contributed by atoms with Gasteiger partial charge < -0.3 is 5.32 Å². The van der Waals surface area contributed by atoms with E-state index in [-0.39, 0.29) is 4.90 Å². The van der Waals surface area contributed by atoms with Gasteiger partial charge >= 0.3 is 0 Å². The molecule has 0 radical (unpaired) electrons. The van der Waals surface area contributed by atoms with Gasteiger partial charge in [-0.2, -0.15) is 0 Å². The van der Waals surface area contributed by atoms with Gasteiger partial charge in [-0.15, -0.1) is 0 Å². The van der Waals surface area contributed by atoms with Gasteiger partial charge in [0.05, 0.1) is 14.9 Å². The normalized spacial score (nSPS) is 11.4. The molecule has 21 heavy (non-hydrogen) atoms. The zero-order valence-electron chi connectivity index (χ0n) is 11.2. The van der Waals surface area contributed by atoms with Gasteiger partial charge in [0.1, 0.15) is 0 Å². The Kier molecular flexibility index (Phi) is 4.78. The van der Waals surface area contributed by atoms with E-state index in [1.807, 2.05) is 6.07 Å². The zero-order chi connectivity index (χ0) is 15.6. The van der Waals surface area contributed by atoms with Gasteiger partial charge in [0.25, 0.3) is 0 Å². The highest BCUT2D eigenvalue weighted by Gasteiger charge is 2.13. The minimum absolute atomic E-state index is 0.113. The molecule has 0 saturated carbocycles. The van der Waals surface area contributed by atoms with Crippen molar-refractivity contribution in [2.75, 3.05) is 5.32 Å². The van der Waals surface area contributed by atoms with E-state index in [9.17, 15) is 8.42 Å². The second kappa shape index (κ2) is 6.23. The quantitative estimate of drug-likeness (QED) is 0.890. The van der Waals surface area contributed by atoms with E-state index in [1.165, 1.54) is 6.07 Å². The Balaban J connectivity index is 2.23. The average molecular weight is 345 g/mol. The Bertz CT molecular complexity index is 777. The molecule has 0 aliphatic carbocycles. The monoisotopic (exact) mass is 344 g/mol. The van der Waals surface area contributed by atoms with Crippen LogP contribution in [0.3, 0.4) is 0 Å². The van der Waals surface area contributed by atoms with Crippen LogP contribution in [-0.2, 0) is 16.6 Å². The van der Waals surface area contributed by atoms with Crippen molar-refractivity contribution in [1.82, 2.24) is 0 Å². The molecule has 0 aliphatic rings. The SMILES string of the molecule is Cc1c(NCc2ccc(Cl)c(Cl)c2)cccc1S(N)(=O)=O. The van der Waals surface area contributed by atoms with E-state index >= 15 is 0 Å². The molecule has 4 nitrogen and oxygen atoms in total. The summed E-state index contributed by atoms with van der Waals surface area (Å²) in [5.41, 5.74) is 2.22. The summed E-state index contributed by atoms with van der Waals surface area (Å²) in [6.45, 7) is 2.20. The molecule has 0 amide bonds. The fourth-order valence-electron chi connectivity index (χ4n) is 1.96. The molecule has 0 saturated heterocycles. The molecule has 0 atom stereocenters. The molecule has 3 N–H and O–H groups in total. The fourth-order valence-corrected chi connectivity index (χ4v) is 3.09. The van der Waals surface area contributed by atoms with Gasteiger partial charge in [-0.05, 0) is 42.3 Å². The maximum Gasteiger partial charge on any atom is 0.238 e. The third-order valence-corrected chi connectivity index (χ3v) is 4.85. The van der Waals surface area contributed by atoms with Crippen molar-refractivity contribution in [3.05, 3.63) is 57.6 Å². The number of nitrogens with two attached hydrogens (primary N) is 1. The summed E-state index contributed by atoms with van der Waals surface area (Å²) in [4.78, 5) is 0.113. The van der Waals surface area contributed by atoms with Gasteiger partial charge in [0.2, 0.25) is 10.0 Å².